The lowest BCUT2D eigenvalue weighted by Gasteiger charge is -2.31. The molecule has 0 unspecified atom stereocenters. The first-order valence-corrected chi connectivity index (χ1v) is 6.22. The summed E-state index contributed by atoms with van der Waals surface area (Å²) in [6.45, 7) is 1.67. The Kier molecular flexibility index (Phi) is 3.01. The zero-order valence-electron chi connectivity index (χ0n) is 10.1. The van der Waals surface area contributed by atoms with Gasteiger partial charge in [-0.2, -0.15) is 0 Å². The minimum absolute atomic E-state index is 0.115. The zero-order valence-corrected chi connectivity index (χ0v) is 10.1. The van der Waals surface area contributed by atoms with Crippen LogP contribution in [0.1, 0.15) is 18.4 Å². The Morgan fingerprint density at radius 2 is 1.94 bits per heavy atom. The third-order valence-electron chi connectivity index (χ3n) is 3.53. The summed E-state index contributed by atoms with van der Waals surface area (Å²) in [5.41, 5.74) is 0.805. The van der Waals surface area contributed by atoms with Crippen LogP contribution in [0.2, 0.25) is 0 Å². The number of phenolic OH excluding ortho intramolecular Hbond substituents is 1. The van der Waals surface area contributed by atoms with Crippen LogP contribution in [0.5, 0.6) is 17.2 Å². The predicted octanol–water partition coefficient (Wildman–Crippen LogP) is 0.981. The smallest absolute Gasteiger partial charge is 0.231 e. The van der Waals surface area contributed by atoms with E-state index in [1.54, 1.807) is 12.1 Å². The highest BCUT2D eigenvalue weighted by Crippen LogP contribution is 2.37. The van der Waals surface area contributed by atoms with Gasteiger partial charge >= 0.3 is 0 Å². The number of benzene rings is 1. The van der Waals surface area contributed by atoms with Crippen molar-refractivity contribution in [3.8, 4) is 17.2 Å². The minimum Gasteiger partial charge on any atom is -0.507 e. The molecule has 98 valence electrons. The predicted molar refractivity (Wildman–Crippen MR) is 64.7 cm³/mol. The fraction of sp³-hybridized carbons (Fsp3) is 0.538. The van der Waals surface area contributed by atoms with E-state index in [0.29, 0.717) is 24.0 Å². The van der Waals surface area contributed by atoms with E-state index >= 15 is 0 Å². The molecule has 3 rings (SSSR count). The molecule has 1 aliphatic heterocycles. The van der Waals surface area contributed by atoms with Crippen molar-refractivity contribution in [3.05, 3.63) is 17.7 Å². The molecule has 0 atom stereocenters. The molecule has 5 nitrogen and oxygen atoms in total. The Balaban J connectivity index is 1.56. The average molecular weight is 251 g/mol. The Bertz CT molecular complexity index is 443. The molecule has 1 aliphatic carbocycles. The normalized spacial score (nSPS) is 24.9. The maximum Gasteiger partial charge on any atom is 0.231 e. The lowest BCUT2D eigenvalue weighted by Crippen LogP contribution is -2.35. The van der Waals surface area contributed by atoms with Crippen LogP contribution in [0.3, 0.4) is 0 Å². The average Bonchev–Trinajstić information content (AvgIpc) is 2.73. The van der Waals surface area contributed by atoms with E-state index < -0.39 is 0 Å². The maximum atomic E-state index is 9.84. The molecule has 18 heavy (non-hydrogen) atoms. The van der Waals surface area contributed by atoms with Crippen molar-refractivity contribution in [2.45, 2.75) is 25.5 Å². The number of phenols is 1. The molecule has 0 bridgehead atoms. The van der Waals surface area contributed by atoms with E-state index in [1.807, 2.05) is 0 Å². The van der Waals surface area contributed by atoms with Gasteiger partial charge in [0.05, 0.1) is 6.10 Å². The number of hydrogen-bond donors (Lipinski definition) is 3. The molecule has 1 aromatic rings. The van der Waals surface area contributed by atoms with Crippen LogP contribution in [0.25, 0.3) is 0 Å². The Morgan fingerprint density at radius 1 is 1.22 bits per heavy atom. The second-order valence-electron chi connectivity index (χ2n) is 4.96. The third-order valence-corrected chi connectivity index (χ3v) is 3.53. The van der Waals surface area contributed by atoms with Gasteiger partial charge in [-0.25, -0.2) is 0 Å². The molecule has 0 radical (unpaired) electrons. The lowest BCUT2D eigenvalue weighted by molar-refractivity contribution is 0.0429. The van der Waals surface area contributed by atoms with Crippen LogP contribution in [-0.4, -0.2) is 29.7 Å². The number of hydrogen-bond acceptors (Lipinski definition) is 5. The summed E-state index contributed by atoms with van der Waals surface area (Å²) in [4.78, 5) is 0. The lowest BCUT2D eigenvalue weighted by atomic mass is 9.82. The topological polar surface area (TPSA) is 71.0 Å². The molecule has 5 heteroatoms. The third kappa shape index (κ3) is 2.23. The van der Waals surface area contributed by atoms with Gasteiger partial charge < -0.3 is 25.0 Å². The number of ether oxygens (including phenoxy) is 2. The van der Waals surface area contributed by atoms with E-state index in [0.717, 1.165) is 24.9 Å². The molecular formula is C13H17NO4. The van der Waals surface area contributed by atoms with Crippen molar-refractivity contribution in [2.24, 2.45) is 5.92 Å². The standard InChI is InChI=1S/C13H17NO4/c15-10-1-8(2-10)5-14-6-9-3-12-13(4-11(9)16)18-7-17-12/h3-4,8,10,14-16H,1-2,5-7H2. The molecule has 0 aromatic heterocycles. The van der Waals surface area contributed by atoms with E-state index in [-0.39, 0.29) is 18.6 Å². The first-order valence-electron chi connectivity index (χ1n) is 6.22. The molecular weight excluding hydrogens is 234 g/mol. The molecule has 2 aliphatic rings. The Morgan fingerprint density at radius 3 is 2.67 bits per heavy atom. The fourth-order valence-corrected chi connectivity index (χ4v) is 2.39. The van der Waals surface area contributed by atoms with Gasteiger partial charge in [-0.15, -0.1) is 0 Å². The van der Waals surface area contributed by atoms with Gasteiger partial charge in [0.15, 0.2) is 11.5 Å². The van der Waals surface area contributed by atoms with Gasteiger partial charge in [-0.1, -0.05) is 0 Å². The molecule has 0 amide bonds. The number of aliphatic hydroxyl groups is 1. The van der Waals surface area contributed by atoms with Crippen LogP contribution in [-0.2, 0) is 6.54 Å². The SMILES string of the molecule is Oc1cc2c(cc1CNCC1CC(O)C1)OCO2. The molecule has 3 N–H and O–H groups in total. The molecule has 0 saturated heterocycles. The van der Waals surface area contributed by atoms with E-state index in [2.05, 4.69) is 5.32 Å². The molecule has 1 fully saturated rings. The summed E-state index contributed by atoms with van der Waals surface area (Å²) in [6, 6.07) is 3.40. The van der Waals surface area contributed by atoms with Crippen molar-refractivity contribution in [1.82, 2.24) is 5.32 Å². The number of rotatable bonds is 4. The largest absolute Gasteiger partial charge is 0.507 e. The quantitative estimate of drug-likeness (QED) is 0.744. The van der Waals surface area contributed by atoms with Gasteiger partial charge in [0.25, 0.3) is 0 Å². The van der Waals surface area contributed by atoms with Crippen LogP contribution in [0.15, 0.2) is 12.1 Å². The van der Waals surface area contributed by atoms with Gasteiger partial charge in [-0.05, 0) is 31.4 Å². The zero-order chi connectivity index (χ0) is 12.5. The number of aromatic hydroxyl groups is 1. The first kappa shape index (κ1) is 11.6. The van der Waals surface area contributed by atoms with Crippen molar-refractivity contribution >= 4 is 0 Å². The number of aliphatic hydroxyl groups excluding tert-OH is 1. The monoisotopic (exact) mass is 251 g/mol. The fourth-order valence-electron chi connectivity index (χ4n) is 2.39. The van der Waals surface area contributed by atoms with Crippen LogP contribution < -0.4 is 14.8 Å². The molecule has 1 saturated carbocycles. The van der Waals surface area contributed by atoms with Crippen molar-refractivity contribution in [3.63, 3.8) is 0 Å². The van der Waals surface area contributed by atoms with Crippen molar-refractivity contribution in [2.75, 3.05) is 13.3 Å². The summed E-state index contributed by atoms with van der Waals surface area (Å²) in [5.74, 6) is 2.05. The first-order chi connectivity index (χ1) is 8.72. The van der Waals surface area contributed by atoms with E-state index in [4.69, 9.17) is 9.47 Å². The van der Waals surface area contributed by atoms with E-state index in [1.165, 1.54) is 0 Å². The van der Waals surface area contributed by atoms with Gasteiger partial charge in [0.1, 0.15) is 5.75 Å². The van der Waals surface area contributed by atoms with Crippen LogP contribution >= 0.6 is 0 Å². The summed E-state index contributed by atoms with van der Waals surface area (Å²) < 4.78 is 10.5. The summed E-state index contributed by atoms with van der Waals surface area (Å²) in [7, 11) is 0. The Labute approximate surface area is 105 Å². The van der Waals surface area contributed by atoms with E-state index in [9.17, 15) is 10.2 Å². The highest BCUT2D eigenvalue weighted by atomic mass is 16.7. The van der Waals surface area contributed by atoms with Crippen LogP contribution in [0, 0.1) is 5.92 Å². The van der Waals surface area contributed by atoms with Crippen molar-refractivity contribution < 1.29 is 19.7 Å². The summed E-state index contributed by atoms with van der Waals surface area (Å²) >= 11 is 0. The highest BCUT2D eigenvalue weighted by molar-refractivity contribution is 5.51. The number of fused-ring (bicyclic) bond motifs is 1. The molecule has 0 spiro atoms. The second-order valence-corrected chi connectivity index (χ2v) is 4.96. The maximum absolute atomic E-state index is 9.84. The second kappa shape index (κ2) is 4.66. The van der Waals surface area contributed by atoms with Crippen molar-refractivity contribution in [1.29, 1.82) is 0 Å². The minimum atomic E-state index is -0.115. The van der Waals surface area contributed by atoms with Gasteiger partial charge in [0, 0.05) is 18.2 Å². The van der Waals surface area contributed by atoms with Crippen LogP contribution in [0.4, 0.5) is 0 Å². The summed E-state index contributed by atoms with van der Waals surface area (Å²) in [6.07, 6.45) is 1.64. The number of nitrogens with one attached hydrogen (secondary N) is 1. The Hall–Kier alpha value is -1.46. The molecule has 1 aromatic carbocycles. The molecule has 1 heterocycles. The highest BCUT2D eigenvalue weighted by Gasteiger charge is 2.26. The van der Waals surface area contributed by atoms with Gasteiger partial charge in [-0.3, -0.25) is 0 Å². The summed E-state index contributed by atoms with van der Waals surface area (Å²) in [5, 5.41) is 22.3. The van der Waals surface area contributed by atoms with Gasteiger partial charge in [0.2, 0.25) is 6.79 Å².